The third kappa shape index (κ3) is 8.03. The molecule has 3 N–H and O–H groups in total. The molecule has 0 spiro atoms. The monoisotopic (exact) mass is 394 g/mol. The van der Waals surface area contributed by atoms with Crippen molar-refractivity contribution in [2.45, 2.75) is 33.4 Å². The van der Waals surface area contributed by atoms with Gasteiger partial charge in [0.15, 0.2) is 5.96 Å². The fourth-order valence-electron chi connectivity index (χ4n) is 1.40. The number of rotatable bonds is 6. The minimum Gasteiger partial charge on any atom is -0.467 e. The fourth-order valence-corrected chi connectivity index (χ4v) is 1.40. The maximum atomic E-state index is 11.6. The molecule has 1 aromatic heterocycles. The van der Waals surface area contributed by atoms with Crippen molar-refractivity contribution in [3.8, 4) is 0 Å². The minimum absolute atomic E-state index is 0. The van der Waals surface area contributed by atoms with Crippen molar-refractivity contribution in [3.63, 3.8) is 0 Å². The molecule has 0 aliphatic heterocycles. The van der Waals surface area contributed by atoms with Gasteiger partial charge in [0.05, 0.1) is 12.8 Å². The van der Waals surface area contributed by atoms with E-state index in [4.69, 9.17) is 4.42 Å². The molecule has 1 heterocycles. The molecule has 7 heteroatoms. The predicted molar refractivity (Wildman–Crippen MR) is 90.2 cm³/mol. The van der Waals surface area contributed by atoms with E-state index in [0.717, 1.165) is 12.3 Å². The third-order valence-electron chi connectivity index (χ3n) is 2.19. The lowest BCUT2D eigenvalue weighted by Gasteiger charge is -2.13. The van der Waals surface area contributed by atoms with Crippen molar-refractivity contribution in [2.24, 2.45) is 4.99 Å². The summed E-state index contributed by atoms with van der Waals surface area (Å²) in [5.41, 5.74) is 0. The van der Waals surface area contributed by atoms with E-state index >= 15 is 0 Å². The number of hydrogen-bond acceptors (Lipinski definition) is 3. The van der Waals surface area contributed by atoms with Gasteiger partial charge in [0, 0.05) is 12.6 Å². The lowest BCUT2D eigenvalue weighted by atomic mass is 10.4. The van der Waals surface area contributed by atoms with Gasteiger partial charge in [0.2, 0.25) is 5.91 Å². The summed E-state index contributed by atoms with van der Waals surface area (Å²) in [7, 11) is 0. The fraction of sp³-hybridized carbons (Fsp3) is 0.538. The van der Waals surface area contributed by atoms with Crippen LogP contribution in [0.2, 0.25) is 0 Å². The normalized spacial score (nSPS) is 10.9. The first-order valence-electron chi connectivity index (χ1n) is 6.45. The van der Waals surface area contributed by atoms with Gasteiger partial charge in [0.25, 0.3) is 0 Å². The van der Waals surface area contributed by atoms with Crippen LogP contribution >= 0.6 is 24.0 Å². The van der Waals surface area contributed by atoms with Crippen molar-refractivity contribution in [1.29, 1.82) is 0 Å². The molecule has 0 atom stereocenters. The summed E-state index contributed by atoms with van der Waals surface area (Å²) in [4.78, 5) is 15.8. The van der Waals surface area contributed by atoms with Gasteiger partial charge in [-0.2, -0.15) is 0 Å². The lowest BCUT2D eigenvalue weighted by molar-refractivity contribution is -0.119. The van der Waals surface area contributed by atoms with E-state index in [1.165, 1.54) is 0 Å². The van der Waals surface area contributed by atoms with Crippen LogP contribution in [0.25, 0.3) is 0 Å². The minimum atomic E-state index is -0.141. The predicted octanol–water partition coefficient (Wildman–Crippen LogP) is 1.48. The summed E-state index contributed by atoms with van der Waals surface area (Å²) < 4.78 is 5.13. The summed E-state index contributed by atoms with van der Waals surface area (Å²) in [6.45, 7) is 7.24. The summed E-state index contributed by atoms with van der Waals surface area (Å²) in [5.74, 6) is 1.23. The topological polar surface area (TPSA) is 78.7 Å². The number of amides is 1. The molecule has 0 aliphatic carbocycles. The van der Waals surface area contributed by atoms with Crippen LogP contribution in [0.3, 0.4) is 0 Å². The molecule has 0 fully saturated rings. The first-order chi connectivity index (χ1) is 9.11. The number of furan rings is 1. The van der Waals surface area contributed by atoms with Gasteiger partial charge >= 0.3 is 0 Å². The Labute approximate surface area is 136 Å². The van der Waals surface area contributed by atoms with Crippen LogP contribution in [-0.2, 0) is 11.3 Å². The van der Waals surface area contributed by atoms with Crippen molar-refractivity contribution >= 4 is 35.8 Å². The Balaban J connectivity index is 0.00000361. The molecule has 0 aliphatic rings. The zero-order valence-electron chi connectivity index (χ0n) is 12.1. The second-order valence-corrected chi connectivity index (χ2v) is 4.35. The van der Waals surface area contributed by atoms with Crippen LogP contribution in [0.15, 0.2) is 27.8 Å². The van der Waals surface area contributed by atoms with Crippen LogP contribution in [0, 0.1) is 0 Å². The van der Waals surface area contributed by atoms with Gasteiger partial charge < -0.3 is 20.4 Å². The van der Waals surface area contributed by atoms with Crippen molar-refractivity contribution < 1.29 is 9.21 Å². The summed E-state index contributed by atoms with van der Waals surface area (Å²) in [5, 5.41) is 8.97. The Morgan fingerprint density at radius 2 is 2.15 bits per heavy atom. The zero-order valence-corrected chi connectivity index (χ0v) is 14.4. The highest BCUT2D eigenvalue weighted by molar-refractivity contribution is 14.0. The van der Waals surface area contributed by atoms with Crippen molar-refractivity contribution in [1.82, 2.24) is 16.0 Å². The molecular weight excluding hydrogens is 371 g/mol. The van der Waals surface area contributed by atoms with Crippen LogP contribution in [-0.4, -0.2) is 31.0 Å². The van der Waals surface area contributed by atoms with E-state index in [1.807, 2.05) is 26.8 Å². The number of carbonyl (C=O) groups is 1. The number of hydrogen-bond donors (Lipinski definition) is 3. The standard InChI is InChI=1S/C13H22N4O2.HI/c1-4-14-13(17-10(2)3)16-9-12(18)15-8-11-6-5-7-19-11;/h5-7,10H,4,8-9H2,1-3H3,(H,15,18)(H2,14,16,17);1H. The SMILES string of the molecule is CCNC(=NCC(=O)NCc1ccco1)NC(C)C.I. The second-order valence-electron chi connectivity index (χ2n) is 4.35. The Bertz CT molecular complexity index is 405. The molecule has 0 bridgehead atoms. The summed E-state index contributed by atoms with van der Waals surface area (Å²) in [6, 6.07) is 3.87. The largest absolute Gasteiger partial charge is 0.467 e. The molecule has 20 heavy (non-hydrogen) atoms. The average Bonchev–Trinajstić information content (AvgIpc) is 2.86. The summed E-state index contributed by atoms with van der Waals surface area (Å²) in [6.07, 6.45) is 1.58. The highest BCUT2D eigenvalue weighted by Gasteiger charge is 2.04. The molecule has 0 saturated carbocycles. The smallest absolute Gasteiger partial charge is 0.242 e. The van der Waals surface area contributed by atoms with E-state index in [-0.39, 0.29) is 42.5 Å². The molecule has 0 aromatic carbocycles. The molecule has 0 radical (unpaired) electrons. The third-order valence-corrected chi connectivity index (χ3v) is 2.19. The zero-order chi connectivity index (χ0) is 14.1. The first kappa shape index (κ1) is 18.8. The number of halogens is 1. The molecule has 1 amide bonds. The Hall–Kier alpha value is -1.25. The van der Waals surface area contributed by atoms with Crippen molar-refractivity contribution in [3.05, 3.63) is 24.2 Å². The number of nitrogens with zero attached hydrogens (tertiary/aromatic N) is 1. The Morgan fingerprint density at radius 3 is 2.70 bits per heavy atom. The number of carbonyl (C=O) groups excluding carboxylic acids is 1. The highest BCUT2D eigenvalue weighted by atomic mass is 127. The molecule has 0 unspecified atom stereocenters. The Kier molecular flexibility index (Phi) is 9.87. The maximum absolute atomic E-state index is 11.6. The number of aliphatic imine (C=N–C) groups is 1. The van der Waals surface area contributed by atoms with Crippen LogP contribution in [0.4, 0.5) is 0 Å². The van der Waals surface area contributed by atoms with E-state index in [9.17, 15) is 4.79 Å². The molecule has 6 nitrogen and oxygen atoms in total. The highest BCUT2D eigenvalue weighted by Crippen LogP contribution is 1.98. The summed E-state index contributed by atoms with van der Waals surface area (Å²) >= 11 is 0. The average molecular weight is 394 g/mol. The quantitative estimate of drug-likeness (QED) is 0.388. The van der Waals surface area contributed by atoms with E-state index in [0.29, 0.717) is 12.5 Å². The Morgan fingerprint density at radius 1 is 1.40 bits per heavy atom. The van der Waals surface area contributed by atoms with Crippen LogP contribution < -0.4 is 16.0 Å². The molecule has 0 saturated heterocycles. The van der Waals surface area contributed by atoms with Gasteiger partial charge in [-0.3, -0.25) is 4.79 Å². The maximum Gasteiger partial charge on any atom is 0.242 e. The number of nitrogens with one attached hydrogen (secondary N) is 3. The van der Waals surface area contributed by atoms with E-state index < -0.39 is 0 Å². The van der Waals surface area contributed by atoms with Gasteiger partial charge in [-0.05, 0) is 32.9 Å². The first-order valence-corrected chi connectivity index (χ1v) is 6.45. The van der Waals surface area contributed by atoms with E-state index in [1.54, 1.807) is 12.3 Å². The van der Waals surface area contributed by atoms with Crippen LogP contribution in [0.1, 0.15) is 26.5 Å². The molecular formula is C13H23IN4O2. The van der Waals surface area contributed by atoms with Crippen molar-refractivity contribution in [2.75, 3.05) is 13.1 Å². The van der Waals surface area contributed by atoms with Gasteiger partial charge in [-0.15, -0.1) is 24.0 Å². The lowest BCUT2D eigenvalue weighted by Crippen LogP contribution is -2.41. The van der Waals surface area contributed by atoms with Gasteiger partial charge in [-0.1, -0.05) is 0 Å². The molecule has 1 aromatic rings. The van der Waals surface area contributed by atoms with E-state index in [2.05, 4.69) is 20.9 Å². The molecule has 114 valence electrons. The second kappa shape index (κ2) is 10.5. The number of guanidine groups is 1. The van der Waals surface area contributed by atoms with Crippen LogP contribution in [0.5, 0.6) is 0 Å². The van der Waals surface area contributed by atoms with Gasteiger partial charge in [-0.25, -0.2) is 4.99 Å². The van der Waals surface area contributed by atoms with Gasteiger partial charge in [0.1, 0.15) is 12.3 Å². The molecule has 1 rings (SSSR count).